The summed E-state index contributed by atoms with van der Waals surface area (Å²) < 4.78 is 5.01. The summed E-state index contributed by atoms with van der Waals surface area (Å²) >= 11 is 0. The molecule has 1 rings (SSSR count). The molecule has 0 N–H and O–H groups in total. The zero-order chi connectivity index (χ0) is 12.8. The fraction of sp³-hybridized carbons (Fsp3) is 0.286. The average Bonchev–Trinajstić information content (AvgIpc) is 2.29. The first kappa shape index (κ1) is 13.3. The van der Waals surface area contributed by atoms with Crippen molar-refractivity contribution in [2.45, 2.75) is 13.8 Å². The fourth-order valence-electron chi connectivity index (χ4n) is 1.55. The molecule has 0 saturated carbocycles. The normalized spacial score (nSPS) is 11.4. The lowest BCUT2D eigenvalue weighted by Crippen LogP contribution is -2.01. The molecule has 0 aromatic heterocycles. The van der Waals surface area contributed by atoms with E-state index in [1.54, 1.807) is 7.11 Å². The van der Waals surface area contributed by atoms with Gasteiger partial charge in [-0.3, -0.25) is 9.98 Å². The number of aliphatic imine (C=N–C) groups is 2. The molecule has 90 valence electrons. The van der Waals surface area contributed by atoms with Gasteiger partial charge >= 0.3 is 0 Å². The summed E-state index contributed by atoms with van der Waals surface area (Å²) in [5, 5.41) is 0. The van der Waals surface area contributed by atoms with Gasteiger partial charge in [0.05, 0.1) is 18.0 Å². The minimum absolute atomic E-state index is 0.518. The van der Waals surface area contributed by atoms with Crippen LogP contribution in [0.15, 0.2) is 34.8 Å². The van der Waals surface area contributed by atoms with Gasteiger partial charge in [0.2, 0.25) is 0 Å². The molecule has 0 unspecified atom stereocenters. The Morgan fingerprint density at radius 2 is 2.12 bits per heavy atom. The lowest BCUT2D eigenvalue weighted by atomic mass is 10.1. The molecular formula is C14H18N2O. The minimum Gasteiger partial charge on any atom is -0.379 e. The number of benzene rings is 1. The number of aryl methyl sites for hydroxylation is 1. The van der Waals surface area contributed by atoms with Crippen molar-refractivity contribution in [3.8, 4) is 0 Å². The highest BCUT2D eigenvalue weighted by Crippen LogP contribution is 2.23. The van der Waals surface area contributed by atoms with Crippen LogP contribution in [-0.4, -0.2) is 26.1 Å². The second-order valence-corrected chi connectivity index (χ2v) is 3.89. The Hall–Kier alpha value is -1.74. The van der Waals surface area contributed by atoms with E-state index in [2.05, 4.69) is 23.3 Å². The second-order valence-electron chi connectivity index (χ2n) is 3.89. The molecule has 3 nitrogen and oxygen atoms in total. The Balaban J connectivity index is 2.94. The predicted octanol–water partition coefficient (Wildman–Crippen LogP) is 3.41. The van der Waals surface area contributed by atoms with Crippen LogP contribution < -0.4 is 0 Å². The van der Waals surface area contributed by atoms with Crippen LogP contribution in [0.25, 0.3) is 5.70 Å². The van der Waals surface area contributed by atoms with E-state index >= 15 is 0 Å². The number of hydrogen-bond donors (Lipinski definition) is 0. The number of nitrogens with zero attached hydrogens (tertiary/aromatic N) is 2. The fourth-order valence-corrected chi connectivity index (χ4v) is 1.55. The van der Waals surface area contributed by atoms with Crippen molar-refractivity contribution < 1.29 is 4.74 Å². The van der Waals surface area contributed by atoms with E-state index in [9.17, 15) is 0 Å². The van der Waals surface area contributed by atoms with Gasteiger partial charge in [0, 0.05) is 12.8 Å². The summed E-state index contributed by atoms with van der Waals surface area (Å²) in [6.07, 6.45) is 0. The summed E-state index contributed by atoms with van der Waals surface area (Å²) in [6.45, 7) is 11.9. The monoisotopic (exact) mass is 230 g/mol. The van der Waals surface area contributed by atoms with Crippen LogP contribution in [0, 0.1) is 6.92 Å². The van der Waals surface area contributed by atoms with Crippen LogP contribution in [-0.2, 0) is 4.74 Å². The Kier molecular flexibility index (Phi) is 4.79. The van der Waals surface area contributed by atoms with Crippen LogP contribution in [0.2, 0.25) is 0 Å². The van der Waals surface area contributed by atoms with E-state index in [0.717, 1.165) is 28.2 Å². The van der Waals surface area contributed by atoms with Gasteiger partial charge in [0.25, 0.3) is 0 Å². The van der Waals surface area contributed by atoms with Crippen molar-refractivity contribution in [1.29, 1.82) is 0 Å². The highest BCUT2D eigenvalue weighted by atomic mass is 16.5. The third-order valence-corrected chi connectivity index (χ3v) is 2.38. The summed E-state index contributed by atoms with van der Waals surface area (Å²) in [6, 6.07) is 5.88. The molecule has 1 aromatic carbocycles. The SMILES string of the molecule is C=Nc1ccc(C(=C)N=C(C)COC)cc1C. The van der Waals surface area contributed by atoms with Gasteiger partial charge in [0.1, 0.15) is 0 Å². The van der Waals surface area contributed by atoms with Crippen LogP contribution in [0.4, 0.5) is 5.69 Å². The topological polar surface area (TPSA) is 34.0 Å². The van der Waals surface area contributed by atoms with E-state index in [0.29, 0.717) is 6.61 Å². The average molecular weight is 230 g/mol. The lowest BCUT2D eigenvalue weighted by Gasteiger charge is -2.06. The number of hydrogen-bond acceptors (Lipinski definition) is 3. The highest BCUT2D eigenvalue weighted by molar-refractivity contribution is 5.88. The van der Waals surface area contributed by atoms with Crippen LogP contribution in [0.5, 0.6) is 0 Å². The van der Waals surface area contributed by atoms with Gasteiger partial charge in [-0.05, 0) is 43.8 Å². The van der Waals surface area contributed by atoms with Gasteiger partial charge in [-0.1, -0.05) is 12.6 Å². The van der Waals surface area contributed by atoms with Gasteiger partial charge in [-0.15, -0.1) is 0 Å². The molecule has 0 amide bonds. The molecule has 0 radical (unpaired) electrons. The first-order valence-electron chi connectivity index (χ1n) is 5.38. The number of ether oxygens (including phenoxy) is 1. The van der Waals surface area contributed by atoms with Gasteiger partial charge in [-0.25, -0.2) is 0 Å². The van der Waals surface area contributed by atoms with E-state index in [4.69, 9.17) is 4.74 Å². The smallest absolute Gasteiger partial charge is 0.0842 e. The number of methoxy groups -OCH3 is 1. The Morgan fingerprint density at radius 3 is 2.65 bits per heavy atom. The Labute approximate surface area is 103 Å². The predicted molar refractivity (Wildman–Crippen MR) is 74.4 cm³/mol. The molecule has 0 heterocycles. The van der Waals surface area contributed by atoms with E-state index < -0.39 is 0 Å². The minimum atomic E-state index is 0.518. The molecule has 0 atom stereocenters. The maximum absolute atomic E-state index is 5.01. The first-order chi connectivity index (χ1) is 8.08. The van der Waals surface area contributed by atoms with Crippen molar-refractivity contribution in [2.75, 3.05) is 13.7 Å². The second kappa shape index (κ2) is 6.11. The van der Waals surface area contributed by atoms with E-state index in [-0.39, 0.29) is 0 Å². The summed E-state index contributed by atoms with van der Waals surface area (Å²) in [5.74, 6) is 0. The molecule has 0 fully saturated rings. The Morgan fingerprint density at radius 1 is 1.41 bits per heavy atom. The van der Waals surface area contributed by atoms with Gasteiger partial charge in [-0.2, -0.15) is 0 Å². The molecule has 0 spiro atoms. The van der Waals surface area contributed by atoms with Crippen LogP contribution >= 0.6 is 0 Å². The Bertz CT molecular complexity index is 461. The first-order valence-corrected chi connectivity index (χ1v) is 5.38. The maximum atomic E-state index is 5.01. The third kappa shape index (κ3) is 3.64. The summed E-state index contributed by atoms with van der Waals surface area (Å²) in [7, 11) is 1.65. The third-order valence-electron chi connectivity index (χ3n) is 2.38. The largest absolute Gasteiger partial charge is 0.379 e. The molecule has 0 saturated heterocycles. The molecular weight excluding hydrogens is 212 g/mol. The summed E-state index contributed by atoms with van der Waals surface area (Å²) in [4.78, 5) is 8.31. The zero-order valence-corrected chi connectivity index (χ0v) is 10.7. The molecule has 0 aliphatic rings. The molecule has 0 bridgehead atoms. The lowest BCUT2D eigenvalue weighted by molar-refractivity contribution is 0.245. The zero-order valence-electron chi connectivity index (χ0n) is 10.7. The van der Waals surface area contributed by atoms with Gasteiger partial charge in [0.15, 0.2) is 0 Å². The number of rotatable bonds is 5. The maximum Gasteiger partial charge on any atom is 0.0842 e. The van der Waals surface area contributed by atoms with Crippen LogP contribution in [0.1, 0.15) is 18.1 Å². The van der Waals surface area contributed by atoms with Crippen molar-refractivity contribution >= 4 is 23.8 Å². The van der Waals surface area contributed by atoms with Crippen molar-refractivity contribution in [2.24, 2.45) is 9.98 Å². The van der Waals surface area contributed by atoms with E-state index in [1.807, 2.05) is 32.0 Å². The van der Waals surface area contributed by atoms with E-state index in [1.165, 1.54) is 0 Å². The van der Waals surface area contributed by atoms with Crippen molar-refractivity contribution in [3.05, 3.63) is 35.9 Å². The molecule has 3 heteroatoms. The molecule has 17 heavy (non-hydrogen) atoms. The van der Waals surface area contributed by atoms with Crippen molar-refractivity contribution in [3.63, 3.8) is 0 Å². The van der Waals surface area contributed by atoms with Gasteiger partial charge < -0.3 is 4.74 Å². The highest BCUT2D eigenvalue weighted by Gasteiger charge is 2.01. The quantitative estimate of drug-likeness (QED) is 0.714. The van der Waals surface area contributed by atoms with Crippen molar-refractivity contribution in [1.82, 2.24) is 0 Å². The standard InChI is InChI=1S/C14H18N2O/c1-10-8-13(6-7-14(10)15-4)12(3)16-11(2)9-17-5/h6-8H,3-4,9H2,1-2,5H3. The molecule has 0 aliphatic heterocycles. The summed E-state index contributed by atoms with van der Waals surface area (Å²) in [5.41, 5.74) is 4.59. The molecule has 0 aliphatic carbocycles. The molecule has 1 aromatic rings. The van der Waals surface area contributed by atoms with Crippen LogP contribution in [0.3, 0.4) is 0 Å².